The van der Waals surface area contributed by atoms with Crippen molar-refractivity contribution in [1.82, 2.24) is 0 Å². The van der Waals surface area contributed by atoms with Crippen LogP contribution in [0.4, 0.5) is 0 Å². The van der Waals surface area contributed by atoms with E-state index in [2.05, 4.69) is 54.6 Å². The zero-order valence-corrected chi connectivity index (χ0v) is 26.1. The second-order valence-corrected chi connectivity index (χ2v) is 11.1. The summed E-state index contributed by atoms with van der Waals surface area (Å²) in [5.74, 6) is -0.947. The number of hydrogen-bond donors (Lipinski definition) is 0. The number of methoxy groups -OCH3 is 3. The molecule has 0 radical (unpaired) electrons. The van der Waals surface area contributed by atoms with Crippen molar-refractivity contribution < 1.29 is 33.3 Å². The molecule has 1 saturated heterocycles. The standard InChI is InChI=1S/C13H18O3S.C13H18O2S.C5H8O2.CH4/c1-3-4-9-5-6-17-12(9)7-10(11-8-16-11)13(14)15-2;1-4-6-11-7-8-16-12(11)9-10(5-2)13(14)15-3;1-3-4-5(6)7-2;/h5-6,10-11H,3-4,7-8H2,1-2H3;5,7-8,10H,2,4,6,9H2,1,3H3;3H,1,4H2,2H3;1H4. The summed E-state index contributed by atoms with van der Waals surface area (Å²) in [6, 6.07) is 4.30. The summed E-state index contributed by atoms with van der Waals surface area (Å²) in [5.41, 5.74) is 2.72. The Balaban J connectivity index is 0.000000627. The van der Waals surface area contributed by atoms with Gasteiger partial charge in [-0.25, -0.2) is 0 Å². The molecule has 0 N–H and O–H groups in total. The SMILES string of the molecule is C.C=CC(Cc1sccc1CCC)C(=O)OC.C=CCC(=O)OC.CCCc1ccsc1CC(C(=O)OC)C1CO1. The first-order chi connectivity index (χ1) is 19.3. The highest BCUT2D eigenvalue weighted by Gasteiger charge is 2.39. The minimum atomic E-state index is -0.241. The van der Waals surface area contributed by atoms with Crippen LogP contribution in [-0.2, 0) is 59.0 Å². The number of esters is 3. The van der Waals surface area contributed by atoms with E-state index in [1.165, 1.54) is 48.3 Å². The summed E-state index contributed by atoms with van der Waals surface area (Å²) in [6.45, 7) is 12.1. The fourth-order valence-electron chi connectivity index (χ4n) is 3.90. The van der Waals surface area contributed by atoms with Crippen LogP contribution in [0.3, 0.4) is 0 Å². The molecule has 7 nitrogen and oxygen atoms in total. The van der Waals surface area contributed by atoms with Crippen molar-refractivity contribution in [3.63, 3.8) is 0 Å². The highest BCUT2D eigenvalue weighted by Crippen LogP contribution is 2.29. The van der Waals surface area contributed by atoms with E-state index in [4.69, 9.17) is 14.2 Å². The second kappa shape index (κ2) is 21.9. The minimum Gasteiger partial charge on any atom is -0.469 e. The van der Waals surface area contributed by atoms with Crippen molar-refractivity contribution in [3.05, 3.63) is 69.1 Å². The third-order valence-electron chi connectivity index (χ3n) is 6.16. The van der Waals surface area contributed by atoms with Gasteiger partial charge in [-0.15, -0.1) is 35.8 Å². The Morgan fingerprint density at radius 3 is 1.80 bits per heavy atom. The Kier molecular flexibility index (Phi) is 20.5. The molecule has 2 aromatic rings. The smallest absolute Gasteiger partial charge is 0.312 e. The van der Waals surface area contributed by atoms with Crippen LogP contribution in [0.2, 0.25) is 0 Å². The molecule has 0 amide bonds. The van der Waals surface area contributed by atoms with Gasteiger partial charge in [-0.05, 0) is 59.7 Å². The maximum atomic E-state index is 11.7. The first kappa shape index (κ1) is 38.2. The molecule has 0 bridgehead atoms. The summed E-state index contributed by atoms with van der Waals surface area (Å²) in [6.07, 6.45) is 9.42. The summed E-state index contributed by atoms with van der Waals surface area (Å²) >= 11 is 3.43. The van der Waals surface area contributed by atoms with Gasteiger partial charge in [-0.2, -0.15) is 0 Å². The second-order valence-electron chi connectivity index (χ2n) is 9.08. The lowest BCUT2D eigenvalue weighted by Gasteiger charge is -2.12. The van der Waals surface area contributed by atoms with Crippen LogP contribution >= 0.6 is 22.7 Å². The molecule has 1 aliphatic heterocycles. The molecule has 0 saturated carbocycles. The molecule has 3 unspecified atom stereocenters. The van der Waals surface area contributed by atoms with Crippen molar-refractivity contribution in [2.75, 3.05) is 27.9 Å². The van der Waals surface area contributed by atoms with Crippen molar-refractivity contribution in [1.29, 1.82) is 0 Å². The van der Waals surface area contributed by atoms with E-state index in [1.54, 1.807) is 28.7 Å². The van der Waals surface area contributed by atoms with Crippen molar-refractivity contribution >= 4 is 40.6 Å². The Labute approximate surface area is 254 Å². The van der Waals surface area contributed by atoms with Gasteiger partial charge in [0.05, 0.1) is 52.3 Å². The average Bonchev–Trinajstić information content (AvgIpc) is 3.56. The zero-order chi connectivity index (χ0) is 29.9. The van der Waals surface area contributed by atoms with Crippen LogP contribution in [0.25, 0.3) is 0 Å². The summed E-state index contributed by atoms with van der Waals surface area (Å²) in [4.78, 5) is 35.8. The lowest BCUT2D eigenvalue weighted by molar-refractivity contribution is -0.146. The number of hydrogen-bond acceptors (Lipinski definition) is 9. The van der Waals surface area contributed by atoms with Gasteiger partial charge in [-0.3, -0.25) is 14.4 Å². The van der Waals surface area contributed by atoms with E-state index < -0.39 is 0 Å². The van der Waals surface area contributed by atoms with Gasteiger partial charge in [0.15, 0.2) is 0 Å². The third-order valence-corrected chi connectivity index (χ3v) is 8.13. The zero-order valence-electron chi connectivity index (χ0n) is 24.4. The number of aryl methyl sites for hydroxylation is 2. The molecule has 230 valence electrons. The van der Waals surface area contributed by atoms with Crippen LogP contribution in [0.5, 0.6) is 0 Å². The van der Waals surface area contributed by atoms with Gasteiger partial charge < -0.3 is 18.9 Å². The highest BCUT2D eigenvalue weighted by atomic mass is 32.1. The lowest BCUT2D eigenvalue weighted by Crippen LogP contribution is -2.24. The predicted octanol–water partition coefficient (Wildman–Crippen LogP) is 7.02. The Bertz CT molecular complexity index is 1050. The van der Waals surface area contributed by atoms with Gasteiger partial charge in [0.2, 0.25) is 0 Å². The molecule has 0 aromatic carbocycles. The molecule has 9 heteroatoms. The molecule has 3 atom stereocenters. The molecule has 1 aliphatic rings. The van der Waals surface area contributed by atoms with Gasteiger partial charge in [-0.1, -0.05) is 46.3 Å². The number of ether oxygens (including phenoxy) is 4. The maximum absolute atomic E-state index is 11.7. The van der Waals surface area contributed by atoms with Crippen molar-refractivity contribution in [2.24, 2.45) is 11.8 Å². The normalized spacial score (nSPS) is 14.3. The lowest BCUT2D eigenvalue weighted by atomic mass is 9.98. The minimum absolute atomic E-state index is 0. The fraction of sp³-hybridized carbons (Fsp3) is 0.531. The van der Waals surface area contributed by atoms with Crippen LogP contribution < -0.4 is 0 Å². The van der Waals surface area contributed by atoms with E-state index in [0.29, 0.717) is 19.4 Å². The Hall–Kier alpha value is -2.75. The number of rotatable bonds is 14. The van der Waals surface area contributed by atoms with Gasteiger partial charge in [0.25, 0.3) is 0 Å². The van der Waals surface area contributed by atoms with Crippen molar-refractivity contribution in [3.8, 4) is 0 Å². The van der Waals surface area contributed by atoms with Crippen LogP contribution in [-0.4, -0.2) is 51.9 Å². The van der Waals surface area contributed by atoms with E-state index >= 15 is 0 Å². The average molecular weight is 609 g/mol. The Morgan fingerprint density at radius 2 is 1.44 bits per heavy atom. The molecule has 3 rings (SSSR count). The number of thiophene rings is 2. The Morgan fingerprint density at radius 1 is 0.927 bits per heavy atom. The molecule has 0 spiro atoms. The topological polar surface area (TPSA) is 91.4 Å². The van der Waals surface area contributed by atoms with E-state index in [0.717, 1.165) is 32.1 Å². The van der Waals surface area contributed by atoms with Gasteiger partial charge >= 0.3 is 17.9 Å². The van der Waals surface area contributed by atoms with E-state index in [9.17, 15) is 14.4 Å². The van der Waals surface area contributed by atoms with Gasteiger partial charge in [0.1, 0.15) is 0 Å². The van der Waals surface area contributed by atoms with E-state index in [1.807, 2.05) is 0 Å². The molecule has 41 heavy (non-hydrogen) atoms. The van der Waals surface area contributed by atoms with Crippen LogP contribution in [0.1, 0.15) is 61.4 Å². The monoisotopic (exact) mass is 608 g/mol. The summed E-state index contributed by atoms with van der Waals surface area (Å²) in [7, 11) is 4.21. The summed E-state index contributed by atoms with van der Waals surface area (Å²) in [5, 5.41) is 4.18. The summed E-state index contributed by atoms with van der Waals surface area (Å²) < 4.78 is 19.1. The fourth-order valence-corrected chi connectivity index (χ4v) is 5.88. The maximum Gasteiger partial charge on any atom is 0.312 e. The first-order valence-electron chi connectivity index (χ1n) is 13.5. The number of carbonyl (C=O) groups excluding carboxylic acids is 3. The van der Waals surface area contributed by atoms with Crippen molar-refractivity contribution in [2.45, 2.75) is 72.3 Å². The largest absolute Gasteiger partial charge is 0.469 e. The number of epoxide rings is 1. The predicted molar refractivity (Wildman–Crippen MR) is 169 cm³/mol. The van der Waals surface area contributed by atoms with Crippen LogP contribution in [0.15, 0.2) is 48.2 Å². The van der Waals surface area contributed by atoms with Gasteiger partial charge in [0, 0.05) is 9.75 Å². The van der Waals surface area contributed by atoms with Crippen LogP contribution in [0, 0.1) is 11.8 Å². The quantitative estimate of drug-likeness (QED) is 0.0985. The third kappa shape index (κ3) is 14.1. The van der Waals surface area contributed by atoms with E-state index in [-0.39, 0.29) is 43.3 Å². The first-order valence-corrected chi connectivity index (χ1v) is 15.2. The molecule has 3 heterocycles. The molecular formula is C32H48O7S2. The molecule has 1 fully saturated rings. The molecular weight excluding hydrogens is 560 g/mol. The highest BCUT2D eigenvalue weighted by molar-refractivity contribution is 7.10. The number of carbonyl (C=O) groups is 3. The molecule has 0 aliphatic carbocycles. The molecule has 2 aromatic heterocycles.